The molecule has 0 N–H and O–H groups in total. The zero-order valence-electron chi connectivity index (χ0n) is 14.8. The number of morpholine rings is 1. The summed E-state index contributed by atoms with van der Waals surface area (Å²) in [5.41, 5.74) is 3.12. The normalized spacial score (nSPS) is 17.5. The SMILES string of the molecule is O=C(CCc1cn2ccccc2n1)N1CCO[C@H](Cc2ccccc2)C1. The van der Waals surface area contributed by atoms with E-state index in [4.69, 9.17) is 4.74 Å². The van der Waals surface area contributed by atoms with Crippen LogP contribution in [0.5, 0.6) is 0 Å². The van der Waals surface area contributed by atoms with E-state index in [1.165, 1.54) is 5.56 Å². The molecule has 1 amide bonds. The van der Waals surface area contributed by atoms with Crippen LogP contribution in [0.15, 0.2) is 60.9 Å². The van der Waals surface area contributed by atoms with Gasteiger partial charge in [0, 0.05) is 38.3 Å². The number of ether oxygens (including phenoxy) is 1. The second-order valence-corrected chi connectivity index (χ2v) is 6.72. The standard InChI is InChI=1S/C21H23N3O2/c25-21(10-9-18-15-23-11-5-4-8-20(23)22-18)24-12-13-26-19(16-24)14-17-6-2-1-3-7-17/h1-8,11,15,19H,9-10,12-14,16H2/t19-/m1/s1. The van der Waals surface area contributed by atoms with E-state index in [9.17, 15) is 4.79 Å². The number of fused-ring (bicyclic) bond motifs is 1. The lowest BCUT2D eigenvalue weighted by molar-refractivity contribution is -0.138. The number of rotatable bonds is 5. The van der Waals surface area contributed by atoms with Crippen molar-refractivity contribution in [1.82, 2.24) is 14.3 Å². The summed E-state index contributed by atoms with van der Waals surface area (Å²) in [5, 5.41) is 0. The number of amides is 1. The Kier molecular flexibility index (Phi) is 4.97. The van der Waals surface area contributed by atoms with Crippen LogP contribution in [0.25, 0.3) is 5.65 Å². The summed E-state index contributed by atoms with van der Waals surface area (Å²) >= 11 is 0. The Bertz CT molecular complexity index is 842. The number of pyridine rings is 1. The van der Waals surface area contributed by atoms with Crippen molar-refractivity contribution in [3.8, 4) is 0 Å². The Morgan fingerprint density at radius 1 is 1.15 bits per heavy atom. The van der Waals surface area contributed by atoms with E-state index in [2.05, 4.69) is 17.1 Å². The number of aromatic nitrogens is 2. The third-order valence-corrected chi connectivity index (χ3v) is 4.81. The first-order valence-corrected chi connectivity index (χ1v) is 9.14. The van der Waals surface area contributed by atoms with Gasteiger partial charge in [0.05, 0.1) is 18.4 Å². The lowest BCUT2D eigenvalue weighted by Gasteiger charge is -2.33. The maximum Gasteiger partial charge on any atom is 0.223 e. The van der Waals surface area contributed by atoms with Crippen LogP contribution in [0, 0.1) is 0 Å². The van der Waals surface area contributed by atoms with Gasteiger partial charge in [0.15, 0.2) is 0 Å². The van der Waals surface area contributed by atoms with E-state index in [0.29, 0.717) is 32.5 Å². The highest BCUT2D eigenvalue weighted by Gasteiger charge is 2.24. The number of carbonyl (C=O) groups excluding carboxylic acids is 1. The minimum atomic E-state index is 0.0743. The van der Waals surface area contributed by atoms with Crippen LogP contribution in [-0.2, 0) is 22.4 Å². The molecular formula is C21H23N3O2. The largest absolute Gasteiger partial charge is 0.374 e. The highest BCUT2D eigenvalue weighted by molar-refractivity contribution is 5.76. The van der Waals surface area contributed by atoms with Crippen LogP contribution in [0.1, 0.15) is 17.7 Å². The van der Waals surface area contributed by atoms with Crippen LogP contribution >= 0.6 is 0 Å². The highest BCUT2D eigenvalue weighted by atomic mass is 16.5. The molecule has 3 heterocycles. The molecule has 0 saturated carbocycles. The van der Waals surface area contributed by atoms with Gasteiger partial charge in [0.25, 0.3) is 0 Å². The summed E-state index contributed by atoms with van der Waals surface area (Å²) in [6.07, 6.45) is 6.05. The zero-order valence-corrected chi connectivity index (χ0v) is 14.8. The van der Waals surface area contributed by atoms with Gasteiger partial charge in [-0.1, -0.05) is 36.4 Å². The summed E-state index contributed by atoms with van der Waals surface area (Å²) in [6, 6.07) is 16.2. The molecule has 26 heavy (non-hydrogen) atoms. The molecule has 1 aliphatic rings. The molecule has 1 atom stereocenters. The van der Waals surface area contributed by atoms with Gasteiger partial charge in [-0.15, -0.1) is 0 Å². The van der Waals surface area contributed by atoms with E-state index in [1.807, 2.05) is 58.1 Å². The fraction of sp³-hybridized carbons (Fsp3) is 0.333. The molecule has 134 valence electrons. The monoisotopic (exact) mass is 349 g/mol. The molecule has 1 aromatic carbocycles. The Morgan fingerprint density at radius 3 is 2.85 bits per heavy atom. The van der Waals surface area contributed by atoms with Crippen LogP contribution in [0.4, 0.5) is 0 Å². The lowest BCUT2D eigenvalue weighted by atomic mass is 10.1. The predicted molar refractivity (Wildman–Crippen MR) is 100.0 cm³/mol. The molecule has 2 aromatic heterocycles. The average Bonchev–Trinajstić information content (AvgIpc) is 3.10. The maximum atomic E-state index is 12.6. The number of imidazole rings is 1. The number of aryl methyl sites for hydroxylation is 1. The number of hydrogen-bond donors (Lipinski definition) is 0. The Hall–Kier alpha value is -2.66. The quantitative estimate of drug-likeness (QED) is 0.712. The van der Waals surface area contributed by atoms with E-state index >= 15 is 0 Å². The minimum absolute atomic E-state index is 0.0743. The number of carbonyl (C=O) groups is 1. The first kappa shape index (κ1) is 16.8. The van der Waals surface area contributed by atoms with E-state index in [-0.39, 0.29) is 12.0 Å². The second kappa shape index (κ2) is 7.70. The fourth-order valence-corrected chi connectivity index (χ4v) is 3.45. The van der Waals surface area contributed by atoms with Crippen LogP contribution in [-0.4, -0.2) is 46.0 Å². The second-order valence-electron chi connectivity index (χ2n) is 6.72. The van der Waals surface area contributed by atoms with E-state index < -0.39 is 0 Å². The van der Waals surface area contributed by atoms with Gasteiger partial charge >= 0.3 is 0 Å². The molecule has 0 bridgehead atoms. The summed E-state index contributed by atoms with van der Waals surface area (Å²) in [6.45, 7) is 1.95. The van der Waals surface area contributed by atoms with Gasteiger partial charge in [-0.05, 0) is 24.1 Å². The van der Waals surface area contributed by atoms with Crippen molar-refractivity contribution in [2.24, 2.45) is 0 Å². The maximum absolute atomic E-state index is 12.6. The van der Waals surface area contributed by atoms with E-state index in [1.54, 1.807) is 0 Å². The number of nitrogens with zero attached hydrogens (tertiary/aromatic N) is 3. The lowest BCUT2D eigenvalue weighted by Crippen LogP contribution is -2.46. The Balaban J connectivity index is 1.32. The van der Waals surface area contributed by atoms with Crippen molar-refractivity contribution >= 4 is 11.6 Å². The molecule has 3 aromatic rings. The zero-order chi connectivity index (χ0) is 17.8. The molecule has 5 heteroatoms. The molecular weight excluding hydrogens is 326 g/mol. The molecule has 5 nitrogen and oxygen atoms in total. The van der Waals surface area contributed by atoms with Gasteiger partial charge < -0.3 is 14.0 Å². The number of benzene rings is 1. The fourth-order valence-electron chi connectivity index (χ4n) is 3.45. The smallest absolute Gasteiger partial charge is 0.223 e. The first-order valence-electron chi connectivity index (χ1n) is 9.14. The predicted octanol–water partition coefficient (Wildman–Crippen LogP) is 2.74. The van der Waals surface area contributed by atoms with Crippen molar-refractivity contribution < 1.29 is 9.53 Å². The van der Waals surface area contributed by atoms with Gasteiger partial charge in [0.2, 0.25) is 5.91 Å². The summed E-state index contributed by atoms with van der Waals surface area (Å²) in [5.74, 6) is 0.184. The van der Waals surface area contributed by atoms with Crippen molar-refractivity contribution in [3.63, 3.8) is 0 Å². The molecule has 0 aliphatic carbocycles. The van der Waals surface area contributed by atoms with Gasteiger partial charge in [-0.25, -0.2) is 4.98 Å². The summed E-state index contributed by atoms with van der Waals surface area (Å²) in [7, 11) is 0. The molecule has 1 saturated heterocycles. The molecule has 4 rings (SSSR count). The Morgan fingerprint density at radius 2 is 2.00 bits per heavy atom. The molecule has 0 spiro atoms. The average molecular weight is 349 g/mol. The van der Waals surface area contributed by atoms with Crippen molar-refractivity contribution in [2.75, 3.05) is 19.7 Å². The van der Waals surface area contributed by atoms with Crippen molar-refractivity contribution in [2.45, 2.75) is 25.4 Å². The molecule has 0 radical (unpaired) electrons. The van der Waals surface area contributed by atoms with Crippen molar-refractivity contribution in [1.29, 1.82) is 0 Å². The molecule has 0 unspecified atom stereocenters. The summed E-state index contributed by atoms with van der Waals surface area (Å²) in [4.78, 5) is 19.1. The van der Waals surface area contributed by atoms with Crippen LogP contribution < -0.4 is 0 Å². The first-order chi connectivity index (χ1) is 12.8. The molecule has 1 fully saturated rings. The van der Waals surface area contributed by atoms with Crippen LogP contribution in [0.3, 0.4) is 0 Å². The van der Waals surface area contributed by atoms with Gasteiger partial charge in [0.1, 0.15) is 5.65 Å². The van der Waals surface area contributed by atoms with Gasteiger partial charge in [-0.3, -0.25) is 4.79 Å². The minimum Gasteiger partial charge on any atom is -0.374 e. The van der Waals surface area contributed by atoms with Crippen molar-refractivity contribution in [3.05, 3.63) is 72.2 Å². The third-order valence-electron chi connectivity index (χ3n) is 4.81. The van der Waals surface area contributed by atoms with Gasteiger partial charge in [-0.2, -0.15) is 0 Å². The Labute approximate surface area is 153 Å². The molecule has 1 aliphatic heterocycles. The topological polar surface area (TPSA) is 46.8 Å². The van der Waals surface area contributed by atoms with E-state index in [0.717, 1.165) is 17.8 Å². The summed E-state index contributed by atoms with van der Waals surface area (Å²) < 4.78 is 7.85. The highest BCUT2D eigenvalue weighted by Crippen LogP contribution is 2.14. The third kappa shape index (κ3) is 3.94. The van der Waals surface area contributed by atoms with Crippen LogP contribution in [0.2, 0.25) is 0 Å². The number of hydrogen-bond acceptors (Lipinski definition) is 3.